The van der Waals surface area contributed by atoms with Crippen LogP contribution in [0.15, 0.2) is 24.3 Å². The van der Waals surface area contributed by atoms with E-state index < -0.39 is 12.0 Å². The maximum absolute atomic E-state index is 12.4. The first-order valence-electron chi connectivity index (χ1n) is 9.69. The third-order valence-electron chi connectivity index (χ3n) is 6.99. The van der Waals surface area contributed by atoms with Crippen LogP contribution in [0, 0.1) is 17.8 Å². The molecule has 138 valence electrons. The summed E-state index contributed by atoms with van der Waals surface area (Å²) in [6, 6.07) is 8.79. The minimum atomic E-state index is -0.586. The summed E-state index contributed by atoms with van der Waals surface area (Å²) in [5.74, 6) is 5.45. The number of nitrogens with two attached hydrogens (primary N) is 1. The van der Waals surface area contributed by atoms with Crippen LogP contribution in [-0.4, -0.2) is 40.1 Å². The Bertz CT molecular complexity index is 847. The Morgan fingerprint density at radius 3 is 3.00 bits per heavy atom. The molecule has 0 bridgehead atoms. The Morgan fingerprint density at radius 2 is 2.15 bits per heavy atom. The van der Waals surface area contributed by atoms with Crippen LogP contribution >= 0.6 is 0 Å². The standard InChI is InChI=1S/C20H26N4O2/c21-23-20(26)18-14-9-16-19-13(12-3-1-2-4-15(12)22-19)7-8-24(16)10-11(14)5-6-17(18)25/h1-4,11,14,16-18,22,25H,5-10,21H2,(H,23,26)/t11?,14?,16?,17-,18+/m1/s1. The second-order valence-electron chi connectivity index (χ2n) is 8.16. The number of aromatic nitrogens is 1. The number of hydrogen-bond acceptors (Lipinski definition) is 4. The van der Waals surface area contributed by atoms with Gasteiger partial charge in [0.2, 0.25) is 5.91 Å². The van der Waals surface area contributed by atoms with Crippen LogP contribution in [0.2, 0.25) is 0 Å². The summed E-state index contributed by atoms with van der Waals surface area (Å²) in [5, 5.41) is 11.8. The van der Waals surface area contributed by atoms with Gasteiger partial charge < -0.3 is 10.1 Å². The van der Waals surface area contributed by atoms with E-state index in [1.807, 2.05) is 0 Å². The normalized spacial score (nSPS) is 34.0. The summed E-state index contributed by atoms with van der Waals surface area (Å²) >= 11 is 0. The fourth-order valence-electron chi connectivity index (χ4n) is 5.80. The maximum Gasteiger partial charge on any atom is 0.239 e. The van der Waals surface area contributed by atoms with E-state index in [0.717, 1.165) is 32.4 Å². The molecule has 6 heteroatoms. The van der Waals surface area contributed by atoms with E-state index in [0.29, 0.717) is 18.4 Å². The van der Waals surface area contributed by atoms with Gasteiger partial charge in [-0.25, -0.2) is 5.84 Å². The third kappa shape index (κ3) is 2.32. The number of nitrogens with one attached hydrogen (secondary N) is 2. The van der Waals surface area contributed by atoms with Crippen molar-refractivity contribution in [1.82, 2.24) is 15.3 Å². The number of nitrogens with zero attached hydrogens (tertiary/aromatic N) is 1. The van der Waals surface area contributed by atoms with Gasteiger partial charge in [0, 0.05) is 29.7 Å². The monoisotopic (exact) mass is 354 g/mol. The molecule has 3 heterocycles. The molecule has 0 radical (unpaired) electrons. The minimum Gasteiger partial charge on any atom is -0.392 e. The number of hydrogen-bond donors (Lipinski definition) is 4. The van der Waals surface area contributed by atoms with Crippen LogP contribution in [0.4, 0.5) is 0 Å². The lowest BCUT2D eigenvalue weighted by Gasteiger charge is -2.51. The van der Waals surface area contributed by atoms with Gasteiger partial charge in [-0.15, -0.1) is 0 Å². The van der Waals surface area contributed by atoms with Crippen molar-refractivity contribution < 1.29 is 9.90 Å². The van der Waals surface area contributed by atoms with Crippen molar-refractivity contribution in [3.8, 4) is 0 Å². The maximum atomic E-state index is 12.4. The van der Waals surface area contributed by atoms with Gasteiger partial charge in [0.1, 0.15) is 0 Å². The zero-order valence-corrected chi connectivity index (χ0v) is 14.8. The second-order valence-corrected chi connectivity index (χ2v) is 8.16. The van der Waals surface area contributed by atoms with Crippen LogP contribution in [-0.2, 0) is 11.2 Å². The molecule has 6 nitrogen and oxygen atoms in total. The van der Waals surface area contributed by atoms with E-state index >= 15 is 0 Å². The summed E-state index contributed by atoms with van der Waals surface area (Å²) in [5.41, 5.74) is 6.22. The topological polar surface area (TPSA) is 94.4 Å². The van der Waals surface area contributed by atoms with Crippen molar-refractivity contribution >= 4 is 16.8 Å². The lowest BCUT2D eigenvalue weighted by atomic mass is 9.64. The number of aromatic amines is 1. The first-order chi connectivity index (χ1) is 12.7. The Labute approximate surface area is 152 Å². The molecule has 2 aliphatic heterocycles. The highest BCUT2D eigenvalue weighted by Crippen LogP contribution is 2.49. The molecule has 3 aliphatic rings. The number of aliphatic hydroxyl groups is 1. The van der Waals surface area contributed by atoms with Gasteiger partial charge in [-0.3, -0.25) is 15.1 Å². The van der Waals surface area contributed by atoms with Crippen molar-refractivity contribution in [2.45, 2.75) is 37.8 Å². The van der Waals surface area contributed by atoms with Gasteiger partial charge in [-0.1, -0.05) is 18.2 Å². The predicted octanol–water partition coefficient (Wildman–Crippen LogP) is 1.46. The van der Waals surface area contributed by atoms with Gasteiger partial charge in [0.15, 0.2) is 0 Å². The lowest BCUT2D eigenvalue weighted by molar-refractivity contribution is -0.139. The number of benzene rings is 1. The number of fused-ring (bicyclic) bond motifs is 6. The minimum absolute atomic E-state index is 0.181. The molecular formula is C20H26N4O2. The summed E-state index contributed by atoms with van der Waals surface area (Å²) in [6.45, 7) is 2.07. The molecule has 1 saturated carbocycles. The SMILES string of the molecule is NNC(=O)[C@H]1C2CC3c4[nH]c5ccccc5c4CCN3CC2CC[C@H]1O. The van der Waals surface area contributed by atoms with E-state index in [9.17, 15) is 9.90 Å². The van der Waals surface area contributed by atoms with E-state index in [1.165, 1.54) is 22.2 Å². The molecule has 1 aromatic heterocycles. The Morgan fingerprint density at radius 1 is 1.31 bits per heavy atom. The molecule has 2 fully saturated rings. The summed E-state index contributed by atoms with van der Waals surface area (Å²) in [4.78, 5) is 18.6. The molecule has 1 saturated heterocycles. The molecule has 5 atom stereocenters. The number of aliphatic hydroxyl groups excluding tert-OH is 1. The Kier molecular flexibility index (Phi) is 3.81. The average Bonchev–Trinajstić information content (AvgIpc) is 3.05. The molecule has 1 aromatic carbocycles. The number of H-pyrrole nitrogens is 1. The first kappa shape index (κ1) is 16.3. The van der Waals surface area contributed by atoms with Gasteiger partial charge in [-0.05, 0) is 49.1 Å². The molecule has 5 rings (SSSR count). The second kappa shape index (κ2) is 6.08. The van der Waals surface area contributed by atoms with Gasteiger partial charge in [0.25, 0.3) is 0 Å². The molecule has 5 N–H and O–H groups in total. The molecule has 1 aliphatic carbocycles. The number of amides is 1. The smallest absolute Gasteiger partial charge is 0.239 e. The predicted molar refractivity (Wildman–Crippen MR) is 99.0 cm³/mol. The van der Waals surface area contributed by atoms with Crippen LogP contribution < -0.4 is 11.3 Å². The number of carbonyl (C=O) groups excluding carboxylic acids is 1. The van der Waals surface area contributed by atoms with Crippen molar-refractivity contribution in [2.75, 3.05) is 13.1 Å². The largest absolute Gasteiger partial charge is 0.392 e. The summed E-state index contributed by atoms with van der Waals surface area (Å²) in [6.07, 6.45) is 3.07. The van der Waals surface area contributed by atoms with Crippen LogP contribution in [0.25, 0.3) is 10.9 Å². The average molecular weight is 354 g/mol. The number of piperidine rings is 1. The van der Waals surface area contributed by atoms with Crippen LogP contribution in [0.1, 0.15) is 36.6 Å². The molecule has 26 heavy (non-hydrogen) atoms. The zero-order valence-electron chi connectivity index (χ0n) is 14.8. The van der Waals surface area contributed by atoms with E-state index in [-0.39, 0.29) is 11.8 Å². The summed E-state index contributed by atoms with van der Waals surface area (Å²) < 4.78 is 0. The van der Waals surface area contributed by atoms with Crippen LogP contribution in [0.5, 0.6) is 0 Å². The van der Waals surface area contributed by atoms with Crippen molar-refractivity contribution in [1.29, 1.82) is 0 Å². The summed E-state index contributed by atoms with van der Waals surface area (Å²) in [7, 11) is 0. The van der Waals surface area contributed by atoms with E-state index in [2.05, 4.69) is 39.6 Å². The molecule has 1 amide bonds. The zero-order chi connectivity index (χ0) is 17.8. The lowest BCUT2D eigenvalue weighted by Crippen LogP contribution is -2.55. The third-order valence-corrected chi connectivity index (χ3v) is 6.99. The fourth-order valence-corrected chi connectivity index (χ4v) is 5.80. The molecule has 2 aromatic rings. The highest BCUT2D eigenvalue weighted by atomic mass is 16.3. The van der Waals surface area contributed by atoms with Crippen molar-refractivity contribution in [3.63, 3.8) is 0 Å². The number of rotatable bonds is 1. The highest BCUT2D eigenvalue weighted by molar-refractivity contribution is 5.85. The van der Waals surface area contributed by atoms with Gasteiger partial charge in [-0.2, -0.15) is 0 Å². The molecule has 3 unspecified atom stereocenters. The van der Waals surface area contributed by atoms with E-state index in [1.54, 1.807) is 0 Å². The highest BCUT2D eigenvalue weighted by Gasteiger charge is 2.48. The number of para-hydroxylation sites is 1. The number of hydrazine groups is 1. The van der Waals surface area contributed by atoms with Crippen molar-refractivity contribution in [3.05, 3.63) is 35.5 Å². The molecule has 0 spiro atoms. The quantitative estimate of drug-likeness (QED) is 0.354. The van der Waals surface area contributed by atoms with Crippen molar-refractivity contribution in [2.24, 2.45) is 23.6 Å². The molecular weight excluding hydrogens is 328 g/mol. The first-order valence-corrected chi connectivity index (χ1v) is 9.69. The van der Waals surface area contributed by atoms with E-state index in [4.69, 9.17) is 5.84 Å². The van der Waals surface area contributed by atoms with Crippen LogP contribution in [0.3, 0.4) is 0 Å². The van der Waals surface area contributed by atoms with Gasteiger partial charge in [0.05, 0.1) is 18.1 Å². The Hall–Kier alpha value is -1.89. The fraction of sp³-hybridized carbons (Fsp3) is 0.550. The Balaban J connectivity index is 1.52. The van der Waals surface area contributed by atoms with Gasteiger partial charge >= 0.3 is 0 Å². The number of carbonyl (C=O) groups is 1.